The number of carbonyl (C=O) groups excluding carboxylic acids is 2. The van der Waals surface area contributed by atoms with Crippen LogP contribution in [-0.2, 0) is 4.79 Å². The Morgan fingerprint density at radius 2 is 1.50 bits per heavy atom. The van der Waals surface area contributed by atoms with E-state index in [1.165, 1.54) is 0 Å². The van der Waals surface area contributed by atoms with Crippen LogP contribution in [-0.4, -0.2) is 68.1 Å². The van der Waals surface area contributed by atoms with Gasteiger partial charge in [0.05, 0.1) is 19.3 Å². The summed E-state index contributed by atoms with van der Waals surface area (Å²) >= 11 is 0. The minimum Gasteiger partial charge on any atom is -0.496 e. The molecule has 0 spiro atoms. The first kappa shape index (κ1) is 21.5. The van der Waals surface area contributed by atoms with Gasteiger partial charge in [-0.1, -0.05) is 12.1 Å². The Bertz CT molecular complexity index is 853. The fourth-order valence-electron chi connectivity index (χ4n) is 3.40. The van der Waals surface area contributed by atoms with E-state index < -0.39 is 0 Å². The molecule has 30 heavy (non-hydrogen) atoms. The van der Waals surface area contributed by atoms with Crippen molar-refractivity contribution in [3.05, 3.63) is 54.1 Å². The maximum Gasteiger partial charge on any atom is 0.260 e. The SMILES string of the molecule is CCOc1ccc(OCC(=O)N2CCCN(C(=O)c3ccccc3OC)CC2)cc1. The highest BCUT2D eigenvalue weighted by Gasteiger charge is 2.24. The summed E-state index contributed by atoms with van der Waals surface area (Å²) in [5.41, 5.74) is 0.540. The third kappa shape index (κ3) is 5.43. The Kier molecular flexibility index (Phi) is 7.54. The molecule has 1 aliphatic rings. The fourth-order valence-corrected chi connectivity index (χ4v) is 3.40. The highest BCUT2D eigenvalue weighted by atomic mass is 16.5. The third-order valence-electron chi connectivity index (χ3n) is 4.97. The highest BCUT2D eigenvalue weighted by molar-refractivity contribution is 5.97. The molecule has 0 atom stereocenters. The van der Waals surface area contributed by atoms with Gasteiger partial charge in [-0.15, -0.1) is 0 Å². The molecule has 0 unspecified atom stereocenters. The monoisotopic (exact) mass is 412 g/mol. The van der Waals surface area contributed by atoms with Crippen molar-refractivity contribution >= 4 is 11.8 Å². The molecule has 3 rings (SSSR count). The van der Waals surface area contributed by atoms with Gasteiger partial charge >= 0.3 is 0 Å². The standard InChI is InChI=1S/C23H28N2O5/c1-3-29-18-9-11-19(12-10-18)30-17-22(26)24-13-6-14-25(16-15-24)23(27)20-7-4-5-8-21(20)28-2/h4-5,7-12H,3,6,13-17H2,1-2H3. The third-order valence-corrected chi connectivity index (χ3v) is 4.97. The van der Waals surface area contributed by atoms with Gasteiger partial charge in [-0.25, -0.2) is 0 Å². The van der Waals surface area contributed by atoms with Crippen LogP contribution in [0.25, 0.3) is 0 Å². The number of nitrogens with zero attached hydrogens (tertiary/aromatic N) is 2. The molecule has 1 saturated heterocycles. The van der Waals surface area contributed by atoms with E-state index in [0.717, 1.165) is 12.2 Å². The summed E-state index contributed by atoms with van der Waals surface area (Å²) in [5.74, 6) is 1.78. The van der Waals surface area contributed by atoms with E-state index in [9.17, 15) is 9.59 Å². The van der Waals surface area contributed by atoms with Gasteiger partial charge in [0.25, 0.3) is 11.8 Å². The number of methoxy groups -OCH3 is 1. The van der Waals surface area contributed by atoms with Gasteiger partial charge in [0.15, 0.2) is 6.61 Å². The lowest BCUT2D eigenvalue weighted by Crippen LogP contribution is -2.39. The molecule has 2 amide bonds. The van der Waals surface area contributed by atoms with Gasteiger partial charge in [0, 0.05) is 26.2 Å². The molecule has 1 aliphatic heterocycles. The lowest BCUT2D eigenvalue weighted by atomic mass is 10.1. The molecule has 1 fully saturated rings. The van der Waals surface area contributed by atoms with Crippen LogP contribution in [0.5, 0.6) is 17.2 Å². The predicted octanol–water partition coefficient (Wildman–Crippen LogP) is 2.85. The van der Waals surface area contributed by atoms with E-state index in [1.807, 2.05) is 31.2 Å². The van der Waals surface area contributed by atoms with E-state index in [0.29, 0.717) is 49.8 Å². The molecule has 7 heteroatoms. The van der Waals surface area contributed by atoms with Crippen LogP contribution >= 0.6 is 0 Å². The van der Waals surface area contributed by atoms with Gasteiger partial charge in [-0.3, -0.25) is 9.59 Å². The zero-order valence-corrected chi connectivity index (χ0v) is 17.5. The second-order valence-corrected chi connectivity index (χ2v) is 6.92. The summed E-state index contributed by atoms with van der Waals surface area (Å²) in [4.78, 5) is 29.0. The van der Waals surface area contributed by atoms with Crippen molar-refractivity contribution in [2.45, 2.75) is 13.3 Å². The quantitative estimate of drug-likeness (QED) is 0.700. The Morgan fingerprint density at radius 3 is 2.20 bits per heavy atom. The van der Waals surface area contributed by atoms with Crippen LogP contribution in [0.4, 0.5) is 0 Å². The van der Waals surface area contributed by atoms with Crippen molar-refractivity contribution in [2.24, 2.45) is 0 Å². The lowest BCUT2D eigenvalue weighted by Gasteiger charge is -2.23. The summed E-state index contributed by atoms with van der Waals surface area (Å²) in [6.07, 6.45) is 0.718. The zero-order chi connectivity index (χ0) is 21.3. The van der Waals surface area contributed by atoms with Crippen molar-refractivity contribution in [1.29, 1.82) is 0 Å². The van der Waals surface area contributed by atoms with E-state index in [2.05, 4.69) is 0 Å². The summed E-state index contributed by atoms with van der Waals surface area (Å²) in [5, 5.41) is 0. The molecule has 2 aromatic carbocycles. The minimum absolute atomic E-state index is 0.0333. The summed E-state index contributed by atoms with van der Waals surface area (Å²) in [6, 6.07) is 14.4. The first-order chi connectivity index (χ1) is 14.6. The summed E-state index contributed by atoms with van der Waals surface area (Å²) in [7, 11) is 1.55. The molecule has 2 aromatic rings. The van der Waals surface area contributed by atoms with Crippen molar-refractivity contribution in [3.63, 3.8) is 0 Å². The molecule has 0 N–H and O–H groups in total. The van der Waals surface area contributed by atoms with Crippen LogP contribution in [0.15, 0.2) is 48.5 Å². The predicted molar refractivity (Wildman–Crippen MR) is 113 cm³/mol. The fraction of sp³-hybridized carbons (Fsp3) is 0.391. The normalized spacial score (nSPS) is 14.1. The molecule has 0 aromatic heterocycles. The maximum absolute atomic E-state index is 12.9. The molecule has 0 bridgehead atoms. The van der Waals surface area contributed by atoms with Crippen LogP contribution in [0.1, 0.15) is 23.7 Å². The van der Waals surface area contributed by atoms with Gasteiger partial charge < -0.3 is 24.0 Å². The summed E-state index contributed by atoms with van der Waals surface area (Å²) < 4.78 is 16.3. The Balaban J connectivity index is 1.52. The van der Waals surface area contributed by atoms with Crippen molar-refractivity contribution < 1.29 is 23.8 Å². The molecule has 0 saturated carbocycles. The Hall–Kier alpha value is -3.22. The second kappa shape index (κ2) is 10.5. The first-order valence-electron chi connectivity index (χ1n) is 10.2. The van der Waals surface area contributed by atoms with E-state index in [1.54, 1.807) is 41.2 Å². The molecule has 1 heterocycles. The number of ether oxygens (including phenoxy) is 3. The lowest BCUT2D eigenvalue weighted by molar-refractivity contribution is -0.133. The van der Waals surface area contributed by atoms with Crippen LogP contribution in [0.2, 0.25) is 0 Å². The molecule has 160 valence electrons. The van der Waals surface area contributed by atoms with Gasteiger partial charge in [0.1, 0.15) is 17.2 Å². The van der Waals surface area contributed by atoms with E-state index >= 15 is 0 Å². The van der Waals surface area contributed by atoms with Crippen LogP contribution in [0, 0.1) is 0 Å². The van der Waals surface area contributed by atoms with E-state index in [4.69, 9.17) is 14.2 Å². The maximum atomic E-state index is 12.9. The van der Waals surface area contributed by atoms with Crippen LogP contribution < -0.4 is 14.2 Å². The number of rotatable bonds is 7. The number of para-hydroxylation sites is 1. The second-order valence-electron chi connectivity index (χ2n) is 6.92. The molecule has 0 aliphatic carbocycles. The van der Waals surface area contributed by atoms with Gasteiger partial charge in [-0.05, 0) is 49.7 Å². The largest absolute Gasteiger partial charge is 0.496 e. The van der Waals surface area contributed by atoms with Gasteiger partial charge in [-0.2, -0.15) is 0 Å². The minimum atomic E-state index is -0.0875. The van der Waals surface area contributed by atoms with Crippen LogP contribution in [0.3, 0.4) is 0 Å². The number of amides is 2. The molecular weight excluding hydrogens is 384 g/mol. The molecular formula is C23H28N2O5. The van der Waals surface area contributed by atoms with E-state index in [-0.39, 0.29) is 18.4 Å². The number of carbonyl (C=O) groups is 2. The zero-order valence-electron chi connectivity index (χ0n) is 17.5. The van der Waals surface area contributed by atoms with Crippen molar-refractivity contribution in [2.75, 3.05) is 46.5 Å². The smallest absolute Gasteiger partial charge is 0.260 e. The average Bonchev–Trinajstić information content (AvgIpc) is 3.04. The topological polar surface area (TPSA) is 68.3 Å². The average molecular weight is 412 g/mol. The number of benzene rings is 2. The Labute approximate surface area is 177 Å². The molecule has 7 nitrogen and oxygen atoms in total. The summed E-state index contributed by atoms with van der Waals surface area (Å²) in [6.45, 7) is 4.65. The molecule has 0 radical (unpaired) electrons. The highest BCUT2D eigenvalue weighted by Crippen LogP contribution is 2.20. The van der Waals surface area contributed by atoms with Crippen molar-refractivity contribution in [1.82, 2.24) is 9.80 Å². The van der Waals surface area contributed by atoms with Gasteiger partial charge in [0.2, 0.25) is 0 Å². The number of hydrogen-bond acceptors (Lipinski definition) is 5. The number of hydrogen-bond donors (Lipinski definition) is 0. The van der Waals surface area contributed by atoms with Crippen molar-refractivity contribution in [3.8, 4) is 17.2 Å². The first-order valence-corrected chi connectivity index (χ1v) is 10.2. The Morgan fingerprint density at radius 1 is 0.867 bits per heavy atom.